The van der Waals surface area contributed by atoms with Crippen LogP contribution in [0.25, 0.3) is 33.1 Å². The van der Waals surface area contributed by atoms with Crippen molar-refractivity contribution in [3.63, 3.8) is 0 Å². The van der Waals surface area contributed by atoms with Gasteiger partial charge in [-0.2, -0.15) is 5.10 Å². The van der Waals surface area contributed by atoms with Gasteiger partial charge < -0.3 is 34.9 Å². The van der Waals surface area contributed by atoms with Crippen molar-refractivity contribution in [3.8, 4) is 11.1 Å². The highest BCUT2D eigenvalue weighted by molar-refractivity contribution is 6.14. The van der Waals surface area contributed by atoms with Gasteiger partial charge in [0.15, 0.2) is 5.82 Å². The van der Waals surface area contributed by atoms with Crippen LogP contribution in [0.5, 0.6) is 0 Å². The van der Waals surface area contributed by atoms with E-state index in [0.717, 1.165) is 99.2 Å². The van der Waals surface area contributed by atoms with Crippen LogP contribution >= 0.6 is 0 Å². The molecule has 0 spiro atoms. The minimum atomic E-state index is -0.494. The first-order valence-corrected chi connectivity index (χ1v) is 21.4. The van der Waals surface area contributed by atoms with Crippen molar-refractivity contribution in [2.75, 3.05) is 10.6 Å². The van der Waals surface area contributed by atoms with E-state index in [9.17, 15) is 14.4 Å². The highest BCUT2D eigenvalue weighted by atomic mass is 16.5. The number of H-pyrrole nitrogens is 1. The second-order valence-electron chi connectivity index (χ2n) is 16.8. The lowest BCUT2D eigenvalue weighted by molar-refractivity contribution is -0.126. The summed E-state index contributed by atoms with van der Waals surface area (Å²) >= 11 is 0. The molecule has 16 heteroatoms. The molecule has 5 aromatic heterocycles. The number of piperidine rings is 1. The minimum absolute atomic E-state index is 0.0178. The molecular formula is C46H48N12O4. The van der Waals surface area contributed by atoms with E-state index in [4.69, 9.17) is 19.6 Å². The standard InChI is InChI=1S/C46H48N12O4/c1-6-58-38(20-34(54-58)29-14-15-29)51-42-40-32-18-24(2)31(39-26(4)55-62-27(39)5)19-35(32)49-41(40)52-43(53-42)45(60)50-37-22-56(23-47-37)17-8-7-10-28-11-9-12-30-33(28)21-57(46(30)61)36-16-13-25(3)48-44(36)59/h9,11-12,18-20,22-23,29,36H,3,6-8,10,13-17,21H2,1-2,4-5H3,(H,48,59)(H,50,60)(H2,49,51,52,53). The second-order valence-corrected chi connectivity index (χ2v) is 16.8. The Balaban J connectivity index is 0.857. The fourth-order valence-corrected chi connectivity index (χ4v) is 9.05. The zero-order valence-electron chi connectivity index (χ0n) is 35.3. The molecule has 316 valence electrons. The number of rotatable bonds is 13. The number of nitrogens with one attached hydrogen (secondary N) is 4. The van der Waals surface area contributed by atoms with Crippen LogP contribution < -0.4 is 16.0 Å². The molecule has 2 aromatic carbocycles. The lowest BCUT2D eigenvalue weighted by Crippen LogP contribution is -2.49. The molecule has 0 bridgehead atoms. The number of aromatic nitrogens is 8. The summed E-state index contributed by atoms with van der Waals surface area (Å²) in [5.41, 5.74) is 9.71. The summed E-state index contributed by atoms with van der Waals surface area (Å²) in [5.74, 6) is 2.12. The summed E-state index contributed by atoms with van der Waals surface area (Å²) in [6.07, 6.45) is 9.53. The van der Waals surface area contributed by atoms with Gasteiger partial charge in [-0.15, -0.1) is 0 Å². The van der Waals surface area contributed by atoms with Gasteiger partial charge in [0.25, 0.3) is 11.8 Å². The van der Waals surface area contributed by atoms with Crippen LogP contribution in [0.2, 0.25) is 0 Å². The molecule has 1 unspecified atom stereocenters. The first-order chi connectivity index (χ1) is 30.0. The van der Waals surface area contributed by atoms with Gasteiger partial charge in [-0.1, -0.05) is 23.9 Å². The molecule has 10 rings (SSSR count). The number of anilines is 3. The molecule has 0 radical (unpaired) electrons. The number of hydrogen-bond acceptors (Lipinski definition) is 10. The highest BCUT2D eigenvalue weighted by Gasteiger charge is 2.39. The van der Waals surface area contributed by atoms with Crippen LogP contribution in [0.1, 0.15) is 106 Å². The zero-order chi connectivity index (χ0) is 42.8. The number of amides is 3. The molecule has 2 fully saturated rings. The van der Waals surface area contributed by atoms with Crippen LogP contribution in [-0.2, 0) is 30.8 Å². The van der Waals surface area contributed by atoms with Gasteiger partial charge in [-0.25, -0.2) is 19.6 Å². The van der Waals surface area contributed by atoms with Gasteiger partial charge in [-0.05, 0) is 113 Å². The number of benzene rings is 2. The predicted octanol–water partition coefficient (Wildman–Crippen LogP) is 7.75. The number of allylic oxidation sites excluding steroid dienone is 1. The van der Waals surface area contributed by atoms with Gasteiger partial charge >= 0.3 is 0 Å². The summed E-state index contributed by atoms with van der Waals surface area (Å²) < 4.78 is 9.39. The smallest absolute Gasteiger partial charge is 0.294 e. The van der Waals surface area contributed by atoms with Crippen molar-refractivity contribution in [3.05, 3.63) is 106 Å². The number of carbonyl (C=O) groups excluding carboxylic acids is 3. The Bertz CT molecular complexity index is 2950. The lowest BCUT2D eigenvalue weighted by Gasteiger charge is -2.31. The van der Waals surface area contributed by atoms with E-state index < -0.39 is 11.9 Å². The Hall–Kier alpha value is -7.10. The first kappa shape index (κ1) is 39.1. The average molecular weight is 833 g/mol. The van der Waals surface area contributed by atoms with Gasteiger partial charge in [-0.3, -0.25) is 14.4 Å². The van der Waals surface area contributed by atoms with Crippen molar-refractivity contribution in [2.45, 2.75) is 104 Å². The van der Waals surface area contributed by atoms with Crippen LogP contribution in [0.3, 0.4) is 0 Å². The van der Waals surface area contributed by atoms with Crippen LogP contribution in [0.4, 0.5) is 17.5 Å². The van der Waals surface area contributed by atoms with Crippen LogP contribution in [0, 0.1) is 20.8 Å². The number of nitrogens with zero attached hydrogens (tertiary/aromatic N) is 8. The Morgan fingerprint density at radius 3 is 2.68 bits per heavy atom. The summed E-state index contributed by atoms with van der Waals surface area (Å²) in [4.78, 5) is 59.2. The maximum Gasteiger partial charge on any atom is 0.294 e. The highest BCUT2D eigenvalue weighted by Crippen LogP contribution is 2.42. The molecule has 7 aromatic rings. The molecule has 2 aliphatic heterocycles. The normalized spacial score (nSPS) is 16.4. The van der Waals surface area contributed by atoms with Crippen LogP contribution in [0.15, 0.2) is 65.7 Å². The molecule has 1 aliphatic carbocycles. The quantitative estimate of drug-likeness (QED) is 0.0835. The molecule has 7 heterocycles. The third-order valence-electron chi connectivity index (χ3n) is 12.4. The maximum atomic E-state index is 13.9. The molecule has 3 aliphatic rings. The van der Waals surface area contributed by atoms with Crippen molar-refractivity contribution in [2.24, 2.45) is 0 Å². The monoisotopic (exact) mass is 832 g/mol. The molecule has 4 N–H and O–H groups in total. The minimum Gasteiger partial charge on any atom is -0.361 e. The fourth-order valence-electron chi connectivity index (χ4n) is 9.05. The molecule has 3 amide bonds. The Morgan fingerprint density at radius 1 is 1.05 bits per heavy atom. The summed E-state index contributed by atoms with van der Waals surface area (Å²) in [7, 11) is 0. The van der Waals surface area contributed by atoms with E-state index in [1.54, 1.807) is 17.4 Å². The van der Waals surface area contributed by atoms with Crippen molar-refractivity contribution >= 4 is 57.1 Å². The topological polar surface area (TPSA) is 194 Å². The lowest BCUT2D eigenvalue weighted by atomic mass is 9.97. The van der Waals surface area contributed by atoms with Crippen molar-refractivity contribution in [1.29, 1.82) is 0 Å². The largest absolute Gasteiger partial charge is 0.361 e. The average Bonchev–Trinajstić information content (AvgIpc) is 3.49. The van der Waals surface area contributed by atoms with E-state index in [1.807, 2.05) is 35.2 Å². The molecule has 62 heavy (non-hydrogen) atoms. The van der Waals surface area contributed by atoms with Crippen molar-refractivity contribution in [1.82, 2.24) is 49.7 Å². The van der Waals surface area contributed by atoms with E-state index in [1.165, 1.54) is 0 Å². The Kier molecular flexibility index (Phi) is 9.72. The number of hydrogen-bond donors (Lipinski definition) is 4. The fraction of sp³-hybridized carbons (Fsp3) is 0.348. The molecular weight excluding hydrogens is 785 g/mol. The van der Waals surface area contributed by atoms with Gasteiger partial charge in [0.1, 0.15) is 29.1 Å². The third-order valence-corrected chi connectivity index (χ3v) is 12.4. The molecule has 1 atom stereocenters. The Morgan fingerprint density at radius 2 is 1.90 bits per heavy atom. The van der Waals surface area contributed by atoms with Crippen molar-refractivity contribution < 1.29 is 18.9 Å². The summed E-state index contributed by atoms with van der Waals surface area (Å²) in [6.45, 7) is 13.6. The summed E-state index contributed by atoms with van der Waals surface area (Å²) in [5, 5.41) is 20.0. The van der Waals surface area contributed by atoms with E-state index in [0.29, 0.717) is 66.9 Å². The number of aromatic amines is 1. The third kappa shape index (κ3) is 7.08. The number of imidazole rings is 1. The van der Waals surface area contributed by atoms with E-state index in [-0.39, 0.29) is 17.6 Å². The molecule has 16 nitrogen and oxygen atoms in total. The predicted molar refractivity (Wildman–Crippen MR) is 234 cm³/mol. The van der Waals surface area contributed by atoms with Crippen LogP contribution in [-0.4, -0.2) is 68.1 Å². The maximum absolute atomic E-state index is 13.9. The van der Waals surface area contributed by atoms with Gasteiger partial charge in [0.2, 0.25) is 11.7 Å². The summed E-state index contributed by atoms with van der Waals surface area (Å²) in [6, 6.07) is 11.6. The number of aryl methyl sites for hydroxylation is 6. The van der Waals surface area contributed by atoms with Gasteiger partial charge in [0, 0.05) is 65.5 Å². The molecule has 1 saturated heterocycles. The van der Waals surface area contributed by atoms with E-state index in [2.05, 4.69) is 75.8 Å². The SMILES string of the molecule is C=C1CCC(N2Cc3c(CCCCn4cnc(NC(=O)c5nc(Nc6cc(C7CC7)nn6CC)c6c(n5)[nH]c5cc(-c7c(C)noc7C)c(C)cc56)c4)cccc3C2=O)C(=O)N1. The van der Waals surface area contributed by atoms with Gasteiger partial charge in [0.05, 0.1) is 23.1 Å². The molecule has 1 saturated carbocycles. The zero-order valence-corrected chi connectivity index (χ0v) is 35.3. The Labute approximate surface area is 357 Å². The number of carbonyl (C=O) groups is 3. The van der Waals surface area contributed by atoms with E-state index >= 15 is 0 Å². The first-order valence-electron chi connectivity index (χ1n) is 21.4. The number of unbranched alkanes of at least 4 members (excludes halogenated alkanes) is 1. The number of fused-ring (bicyclic) bond motifs is 4. The second kappa shape index (κ2) is 15.4.